The fraction of sp³-hybridized carbons (Fsp3) is 0.579. The van der Waals surface area contributed by atoms with Gasteiger partial charge in [-0.3, -0.25) is 9.69 Å². The summed E-state index contributed by atoms with van der Waals surface area (Å²) in [6.45, 7) is 7.88. The number of hydrogen-bond donors (Lipinski definition) is 0. The zero-order valence-electron chi connectivity index (χ0n) is 15.5. The van der Waals surface area contributed by atoms with Crippen molar-refractivity contribution in [2.24, 2.45) is 0 Å². The highest BCUT2D eigenvalue weighted by Gasteiger charge is 2.32. The summed E-state index contributed by atoms with van der Waals surface area (Å²) in [5, 5.41) is 0. The van der Waals surface area contributed by atoms with Gasteiger partial charge in [0.1, 0.15) is 11.6 Å². The molecule has 1 atom stereocenters. The molecule has 0 aliphatic carbocycles. The highest BCUT2D eigenvalue weighted by molar-refractivity contribution is 5.76. The largest absolute Gasteiger partial charge is 0.468 e. The number of carbonyl (C=O) groups excluding carboxylic acids is 2. The van der Waals surface area contributed by atoms with Gasteiger partial charge >= 0.3 is 12.1 Å². The normalized spacial score (nSPS) is 17.0. The van der Waals surface area contributed by atoms with Crippen molar-refractivity contribution < 1.29 is 19.1 Å². The van der Waals surface area contributed by atoms with Crippen LogP contribution in [0.3, 0.4) is 0 Å². The number of piperazine rings is 1. The van der Waals surface area contributed by atoms with Crippen LogP contribution in [0.2, 0.25) is 0 Å². The molecule has 1 aromatic rings. The first-order chi connectivity index (χ1) is 11.8. The lowest BCUT2D eigenvalue weighted by Gasteiger charge is -2.38. The molecular weight excluding hydrogens is 320 g/mol. The second-order valence-electron chi connectivity index (χ2n) is 7.23. The van der Waals surface area contributed by atoms with E-state index in [1.807, 2.05) is 51.1 Å². The molecule has 0 radical (unpaired) electrons. The average Bonchev–Trinajstić information content (AvgIpc) is 2.58. The van der Waals surface area contributed by atoms with E-state index in [1.165, 1.54) is 7.11 Å². The third kappa shape index (κ3) is 5.74. The molecule has 0 spiro atoms. The van der Waals surface area contributed by atoms with E-state index in [0.717, 1.165) is 5.56 Å². The van der Waals surface area contributed by atoms with Crippen molar-refractivity contribution in [3.63, 3.8) is 0 Å². The number of rotatable bonds is 4. The first-order valence-corrected chi connectivity index (χ1v) is 8.64. The maximum atomic E-state index is 12.2. The van der Waals surface area contributed by atoms with Gasteiger partial charge in [-0.05, 0) is 32.8 Å². The van der Waals surface area contributed by atoms with Crippen molar-refractivity contribution >= 4 is 12.1 Å². The number of methoxy groups -OCH3 is 1. The summed E-state index contributed by atoms with van der Waals surface area (Å²) < 4.78 is 10.4. The van der Waals surface area contributed by atoms with Crippen LogP contribution < -0.4 is 0 Å². The van der Waals surface area contributed by atoms with Crippen molar-refractivity contribution in [3.05, 3.63) is 35.9 Å². The van der Waals surface area contributed by atoms with Crippen LogP contribution in [0, 0.1) is 0 Å². The molecule has 138 valence electrons. The van der Waals surface area contributed by atoms with Crippen LogP contribution in [0.15, 0.2) is 30.3 Å². The fourth-order valence-corrected chi connectivity index (χ4v) is 2.88. The zero-order chi connectivity index (χ0) is 18.4. The van der Waals surface area contributed by atoms with Gasteiger partial charge in [0.25, 0.3) is 0 Å². The van der Waals surface area contributed by atoms with E-state index in [4.69, 9.17) is 9.47 Å². The summed E-state index contributed by atoms with van der Waals surface area (Å²) in [5.41, 5.74) is 0.586. The molecule has 1 fully saturated rings. The van der Waals surface area contributed by atoms with Crippen LogP contribution in [0.25, 0.3) is 0 Å². The molecule has 0 saturated carbocycles. The number of benzene rings is 1. The zero-order valence-corrected chi connectivity index (χ0v) is 15.5. The number of carbonyl (C=O) groups is 2. The minimum Gasteiger partial charge on any atom is -0.468 e. The number of amides is 1. The van der Waals surface area contributed by atoms with Crippen molar-refractivity contribution in [1.82, 2.24) is 9.80 Å². The lowest BCUT2D eigenvalue weighted by Crippen LogP contribution is -2.55. The molecule has 25 heavy (non-hydrogen) atoms. The van der Waals surface area contributed by atoms with Crippen LogP contribution >= 0.6 is 0 Å². The number of esters is 1. The smallest absolute Gasteiger partial charge is 0.410 e. The Hall–Kier alpha value is -2.08. The minimum atomic E-state index is -0.504. The Bertz CT molecular complexity index is 575. The summed E-state index contributed by atoms with van der Waals surface area (Å²) in [6.07, 6.45) is 0.296. The molecular formula is C19H28N2O4. The van der Waals surface area contributed by atoms with Gasteiger partial charge in [0, 0.05) is 26.2 Å². The van der Waals surface area contributed by atoms with E-state index in [9.17, 15) is 9.59 Å². The Balaban J connectivity index is 1.97. The van der Waals surface area contributed by atoms with Crippen molar-refractivity contribution in [2.75, 3.05) is 33.3 Å². The van der Waals surface area contributed by atoms with Crippen molar-refractivity contribution in [2.45, 2.75) is 38.8 Å². The SMILES string of the molecule is COC(=O)C(Cc1ccccc1)N1CCN(C(=O)OC(C)(C)C)CC1. The Morgan fingerprint density at radius 3 is 2.20 bits per heavy atom. The topological polar surface area (TPSA) is 59.1 Å². The highest BCUT2D eigenvalue weighted by atomic mass is 16.6. The van der Waals surface area contributed by atoms with Crippen LogP contribution in [-0.4, -0.2) is 66.8 Å². The van der Waals surface area contributed by atoms with Crippen LogP contribution in [-0.2, 0) is 20.7 Å². The molecule has 6 nitrogen and oxygen atoms in total. The number of nitrogens with zero attached hydrogens (tertiary/aromatic N) is 2. The van der Waals surface area contributed by atoms with Crippen molar-refractivity contribution in [1.29, 1.82) is 0 Å². The molecule has 1 aliphatic rings. The molecule has 1 saturated heterocycles. The van der Waals surface area contributed by atoms with Gasteiger partial charge in [0.2, 0.25) is 0 Å². The van der Waals surface area contributed by atoms with Gasteiger partial charge in [-0.2, -0.15) is 0 Å². The Labute approximate surface area is 149 Å². The fourth-order valence-electron chi connectivity index (χ4n) is 2.88. The van der Waals surface area contributed by atoms with E-state index in [1.54, 1.807) is 4.90 Å². The number of hydrogen-bond acceptors (Lipinski definition) is 5. The van der Waals surface area contributed by atoms with Crippen LogP contribution in [0.1, 0.15) is 26.3 Å². The molecule has 1 amide bonds. The molecule has 0 N–H and O–H groups in total. The van der Waals surface area contributed by atoms with E-state index >= 15 is 0 Å². The van der Waals surface area contributed by atoms with Gasteiger partial charge in [0.05, 0.1) is 7.11 Å². The second kappa shape index (κ2) is 8.34. The Morgan fingerprint density at radius 1 is 1.08 bits per heavy atom. The highest BCUT2D eigenvalue weighted by Crippen LogP contribution is 2.16. The third-order valence-electron chi connectivity index (χ3n) is 4.15. The Kier molecular flexibility index (Phi) is 6.42. The average molecular weight is 348 g/mol. The monoisotopic (exact) mass is 348 g/mol. The molecule has 1 unspecified atom stereocenters. The van der Waals surface area contributed by atoms with Gasteiger partial charge < -0.3 is 14.4 Å². The van der Waals surface area contributed by atoms with E-state index < -0.39 is 5.60 Å². The van der Waals surface area contributed by atoms with E-state index in [-0.39, 0.29) is 18.1 Å². The second-order valence-corrected chi connectivity index (χ2v) is 7.23. The van der Waals surface area contributed by atoms with Gasteiger partial charge in [0.15, 0.2) is 0 Å². The summed E-state index contributed by atoms with van der Waals surface area (Å²) in [5.74, 6) is -0.241. The Morgan fingerprint density at radius 2 is 1.68 bits per heavy atom. The minimum absolute atomic E-state index is 0.241. The molecule has 1 aromatic carbocycles. The summed E-state index contributed by atoms with van der Waals surface area (Å²) >= 11 is 0. The standard InChI is InChI=1S/C19H28N2O4/c1-19(2,3)25-18(23)21-12-10-20(11-13-21)16(17(22)24-4)14-15-8-6-5-7-9-15/h5-9,16H,10-14H2,1-4H3. The summed E-state index contributed by atoms with van der Waals surface area (Å²) in [7, 11) is 1.41. The van der Waals surface area contributed by atoms with Crippen LogP contribution in [0.5, 0.6) is 0 Å². The number of ether oxygens (including phenoxy) is 2. The first-order valence-electron chi connectivity index (χ1n) is 8.64. The van der Waals surface area contributed by atoms with E-state index in [2.05, 4.69) is 4.90 Å². The molecule has 1 heterocycles. The quantitative estimate of drug-likeness (QED) is 0.782. The molecule has 1 aliphatic heterocycles. The van der Waals surface area contributed by atoms with Crippen LogP contribution in [0.4, 0.5) is 4.79 Å². The predicted octanol–water partition coefficient (Wildman–Crippen LogP) is 2.32. The molecule has 2 rings (SSSR count). The lowest BCUT2D eigenvalue weighted by molar-refractivity contribution is -0.147. The first kappa shape index (κ1) is 19.2. The molecule has 6 heteroatoms. The lowest BCUT2D eigenvalue weighted by atomic mass is 10.0. The maximum Gasteiger partial charge on any atom is 0.410 e. The summed E-state index contributed by atoms with van der Waals surface area (Å²) in [6, 6.07) is 9.55. The summed E-state index contributed by atoms with van der Waals surface area (Å²) in [4.78, 5) is 28.2. The molecule has 0 aromatic heterocycles. The third-order valence-corrected chi connectivity index (χ3v) is 4.15. The molecule has 0 bridgehead atoms. The maximum absolute atomic E-state index is 12.2. The van der Waals surface area contributed by atoms with Gasteiger partial charge in [-0.15, -0.1) is 0 Å². The van der Waals surface area contributed by atoms with Gasteiger partial charge in [-0.25, -0.2) is 4.79 Å². The van der Waals surface area contributed by atoms with E-state index in [0.29, 0.717) is 32.6 Å². The van der Waals surface area contributed by atoms with Gasteiger partial charge in [-0.1, -0.05) is 30.3 Å². The predicted molar refractivity (Wildman–Crippen MR) is 95.3 cm³/mol. The van der Waals surface area contributed by atoms with Crippen molar-refractivity contribution in [3.8, 4) is 0 Å².